The second kappa shape index (κ2) is 6.53. The molecule has 1 unspecified atom stereocenters. The number of aromatic nitrogens is 1. The molecule has 1 heterocycles. The van der Waals surface area contributed by atoms with Gasteiger partial charge >= 0.3 is 12.6 Å². The van der Waals surface area contributed by atoms with Gasteiger partial charge in [-0.1, -0.05) is 0 Å². The van der Waals surface area contributed by atoms with Gasteiger partial charge in [0.25, 0.3) is 0 Å². The Morgan fingerprint density at radius 2 is 2.19 bits per heavy atom. The first-order valence-corrected chi connectivity index (χ1v) is 6.48. The van der Waals surface area contributed by atoms with Crippen LogP contribution in [-0.4, -0.2) is 30.2 Å². The molecule has 0 amide bonds. The summed E-state index contributed by atoms with van der Waals surface area (Å²) >= 11 is 0. The van der Waals surface area contributed by atoms with E-state index in [1.54, 1.807) is 19.2 Å². The third-order valence-electron chi connectivity index (χ3n) is 2.99. The maximum Gasteiger partial charge on any atom is 0.387 e. The number of alkyl halides is 2. The van der Waals surface area contributed by atoms with Crippen LogP contribution < -0.4 is 10.5 Å². The van der Waals surface area contributed by atoms with Gasteiger partial charge in [0.05, 0.1) is 6.61 Å². The zero-order chi connectivity index (χ0) is 15.4. The molecular formula is C14H16F2N2O3. The zero-order valence-corrected chi connectivity index (χ0v) is 11.4. The van der Waals surface area contributed by atoms with Gasteiger partial charge in [0.2, 0.25) is 0 Å². The summed E-state index contributed by atoms with van der Waals surface area (Å²) in [5.41, 5.74) is 7.26. The second-order valence-corrected chi connectivity index (χ2v) is 4.46. The molecule has 1 aromatic heterocycles. The van der Waals surface area contributed by atoms with Gasteiger partial charge in [0.1, 0.15) is 11.8 Å². The quantitative estimate of drug-likeness (QED) is 0.802. The van der Waals surface area contributed by atoms with E-state index in [4.69, 9.17) is 10.5 Å². The van der Waals surface area contributed by atoms with Gasteiger partial charge in [-0.25, -0.2) is 0 Å². The van der Waals surface area contributed by atoms with Gasteiger partial charge in [0, 0.05) is 23.5 Å². The first-order valence-electron chi connectivity index (χ1n) is 6.48. The number of hydrogen-bond acceptors (Lipinski definition) is 4. The summed E-state index contributed by atoms with van der Waals surface area (Å²) in [4.78, 5) is 14.5. The minimum atomic E-state index is -2.88. The van der Waals surface area contributed by atoms with Crippen molar-refractivity contribution in [1.29, 1.82) is 0 Å². The van der Waals surface area contributed by atoms with Crippen LogP contribution in [0.25, 0.3) is 10.9 Å². The minimum absolute atomic E-state index is 0.0584. The lowest BCUT2D eigenvalue weighted by molar-refractivity contribution is -0.144. The number of carbonyl (C=O) groups excluding carboxylic acids is 1. The predicted molar refractivity (Wildman–Crippen MR) is 73.2 cm³/mol. The molecule has 2 aromatic rings. The first-order chi connectivity index (χ1) is 10.0. The molecule has 1 atom stereocenters. The highest BCUT2D eigenvalue weighted by Crippen LogP contribution is 2.25. The van der Waals surface area contributed by atoms with Crippen LogP contribution in [0.4, 0.5) is 8.78 Å². The maximum atomic E-state index is 12.2. The van der Waals surface area contributed by atoms with Crippen molar-refractivity contribution in [2.75, 3.05) is 6.61 Å². The molecule has 21 heavy (non-hydrogen) atoms. The Balaban J connectivity index is 2.21. The molecule has 0 aliphatic rings. The van der Waals surface area contributed by atoms with Crippen LogP contribution in [0.5, 0.6) is 5.75 Å². The smallest absolute Gasteiger partial charge is 0.387 e. The zero-order valence-electron chi connectivity index (χ0n) is 11.4. The Morgan fingerprint density at radius 3 is 2.86 bits per heavy atom. The molecule has 3 N–H and O–H groups in total. The summed E-state index contributed by atoms with van der Waals surface area (Å²) in [5, 5.41) is 0.688. The number of fused-ring (bicyclic) bond motifs is 1. The summed E-state index contributed by atoms with van der Waals surface area (Å²) in [7, 11) is 0. The van der Waals surface area contributed by atoms with Crippen LogP contribution in [0.1, 0.15) is 12.5 Å². The van der Waals surface area contributed by atoms with E-state index in [1.165, 1.54) is 12.1 Å². The molecular weight excluding hydrogens is 282 g/mol. The summed E-state index contributed by atoms with van der Waals surface area (Å²) in [6.45, 7) is -0.927. The van der Waals surface area contributed by atoms with E-state index in [9.17, 15) is 13.6 Å². The molecule has 2 rings (SSSR count). The molecule has 0 bridgehead atoms. The van der Waals surface area contributed by atoms with Crippen molar-refractivity contribution in [2.45, 2.75) is 26.0 Å². The molecule has 0 fully saturated rings. The summed E-state index contributed by atoms with van der Waals surface area (Å²) < 4.78 is 33.7. The standard InChI is InChI=1S/C14H16F2N2O3/c1-2-20-13(19)11(17)5-8-7-18-12-4-3-9(6-10(8)12)21-14(15)16/h3-4,6-7,11,14,18H,2,5,17H2,1H3. The number of rotatable bonds is 6. The fraction of sp³-hybridized carbons (Fsp3) is 0.357. The van der Waals surface area contributed by atoms with Crippen LogP contribution in [0.3, 0.4) is 0 Å². The Bertz CT molecular complexity index is 628. The van der Waals surface area contributed by atoms with Gasteiger partial charge in [-0.2, -0.15) is 8.78 Å². The number of carbonyl (C=O) groups is 1. The Morgan fingerprint density at radius 1 is 1.43 bits per heavy atom. The topological polar surface area (TPSA) is 77.3 Å². The van der Waals surface area contributed by atoms with Gasteiger partial charge in [-0.05, 0) is 30.7 Å². The van der Waals surface area contributed by atoms with Crippen molar-refractivity contribution in [3.63, 3.8) is 0 Å². The number of halogens is 2. The van der Waals surface area contributed by atoms with Crippen LogP contribution in [0, 0.1) is 0 Å². The summed E-state index contributed by atoms with van der Waals surface area (Å²) in [5.74, 6) is -0.435. The number of ether oxygens (including phenoxy) is 2. The lowest BCUT2D eigenvalue weighted by atomic mass is 10.1. The lowest BCUT2D eigenvalue weighted by Crippen LogP contribution is -2.34. The third kappa shape index (κ3) is 3.69. The molecule has 0 saturated heterocycles. The maximum absolute atomic E-state index is 12.2. The van der Waals surface area contributed by atoms with Crippen LogP contribution in [-0.2, 0) is 16.0 Å². The number of esters is 1. The van der Waals surface area contributed by atoms with Crippen molar-refractivity contribution in [2.24, 2.45) is 5.73 Å². The predicted octanol–water partition coefficient (Wildman–Crippen LogP) is 2.20. The van der Waals surface area contributed by atoms with Crippen LogP contribution in [0.15, 0.2) is 24.4 Å². The van der Waals surface area contributed by atoms with Crippen molar-refractivity contribution >= 4 is 16.9 Å². The number of benzene rings is 1. The van der Waals surface area contributed by atoms with Gasteiger partial charge in [-0.15, -0.1) is 0 Å². The van der Waals surface area contributed by atoms with Gasteiger partial charge < -0.3 is 20.2 Å². The molecule has 5 nitrogen and oxygen atoms in total. The van der Waals surface area contributed by atoms with Gasteiger partial charge in [-0.3, -0.25) is 4.79 Å². The van der Waals surface area contributed by atoms with E-state index in [-0.39, 0.29) is 18.8 Å². The van der Waals surface area contributed by atoms with Crippen molar-refractivity contribution in [3.8, 4) is 5.75 Å². The van der Waals surface area contributed by atoms with Crippen molar-refractivity contribution < 1.29 is 23.0 Å². The molecule has 114 valence electrons. The Labute approximate surface area is 120 Å². The SMILES string of the molecule is CCOC(=O)C(N)Cc1c[nH]c2ccc(OC(F)F)cc12. The molecule has 0 spiro atoms. The Hall–Kier alpha value is -2.15. The number of nitrogens with one attached hydrogen (secondary N) is 1. The molecule has 0 radical (unpaired) electrons. The fourth-order valence-corrected chi connectivity index (χ4v) is 2.07. The number of hydrogen-bond donors (Lipinski definition) is 2. The fourth-order valence-electron chi connectivity index (χ4n) is 2.07. The minimum Gasteiger partial charge on any atom is -0.465 e. The average molecular weight is 298 g/mol. The summed E-state index contributed by atoms with van der Waals surface area (Å²) in [6.07, 6.45) is 1.94. The second-order valence-electron chi connectivity index (χ2n) is 4.46. The molecule has 1 aromatic carbocycles. The largest absolute Gasteiger partial charge is 0.465 e. The van der Waals surface area contributed by atoms with E-state index < -0.39 is 18.6 Å². The highest BCUT2D eigenvalue weighted by Gasteiger charge is 2.17. The van der Waals surface area contributed by atoms with E-state index in [0.29, 0.717) is 5.39 Å². The third-order valence-corrected chi connectivity index (χ3v) is 2.99. The van der Waals surface area contributed by atoms with Crippen LogP contribution in [0.2, 0.25) is 0 Å². The van der Waals surface area contributed by atoms with E-state index in [2.05, 4.69) is 9.72 Å². The molecule has 7 heteroatoms. The van der Waals surface area contributed by atoms with Gasteiger partial charge in [0.15, 0.2) is 0 Å². The highest BCUT2D eigenvalue weighted by molar-refractivity contribution is 5.85. The lowest BCUT2D eigenvalue weighted by Gasteiger charge is -2.10. The first kappa shape index (κ1) is 15.2. The van der Waals surface area contributed by atoms with E-state index in [0.717, 1.165) is 11.1 Å². The molecule has 0 aliphatic carbocycles. The number of aromatic amines is 1. The number of nitrogens with two attached hydrogens (primary N) is 1. The highest BCUT2D eigenvalue weighted by atomic mass is 19.3. The number of H-pyrrole nitrogens is 1. The molecule has 0 aliphatic heterocycles. The normalized spacial score (nSPS) is 12.6. The van der Waals surface area contributed by atoms with E-state index in [1.807, 2.05) is 0 Å². The molecule has 0 saturated carbocycles. The monoisotopic (exact) mass is 298 g/mol. The Kier molecular flexibility index (Phi) is 4.74. The van der Waals surface area contributed by atoms with Crippen molar-refractivity contribution in [1.82, 2.24) is 4.98 Å². The van der Waals surface area contributed by atoms with Crippen LogP contribution >= 0.6 is 0 Å². The summed E-state index contributed by atoms with van der Waals surface area (Å²) in [6, 6.07) is 3.76. The van der Waals surface area contributed by atoms with Crippen molar-refractivity contribution in [3.05, 3.63) is 30.0 Å². The van der Waals surface area contributed by atoms with E-state index >= 15 is 0 Å². The average Bonchev–Trinajstić information content (AvgIpc) is 2.81.